The smallest absolute Gasteiger partial charge is 0.230 e. The predicted octanol–water partition coefficient (Wildman–Crippen LogP) is 5.09. The van der Waals surface area contributed by atoms with Gasteiger partial charge in [-0.25, -0.2) is 9.37 Å². The second kappa shape index (κ2) is 9.88. The lowest BCUT2D eigenvalue weighted by atomic mass is 9.98. The third-order valence-electron chi connectivity index (χ3n) is 7.35. The summed E-state index contributed by atoms with van der Waals surface area (Å²) in [5.41, 5.74) is 1.66. The molecule has 2 aliphatic heterocycles. The number of piperidine rings is 1. The van der Waals surface area contributed by atoms with Crippen molar-refractivity contribution >= 4 is 44.7 Å². The van der Waals surface area contributed by atoms with Crippen molar-refractivity contribution < 1.29 is 14.2 Å². The van der Waals surface area contributed by atoms with Crippen LogP contribution in [0.25, 0.3) is 10.2 Å². The van der Waals surface area contributed by atoms with Gasteiger partial charge in [0.05, 0.1) is 48.2 Å². The number of anilines is 4. The van der Waals surface area contributed by atoms with Gasteiger partial charge in [-0.3, -0.25) is 9.58 Å². The van der Waals surface area contributed by atoms with E-state index >= 15 is 0 Å². The van der Waals surface area contributed by atoms with Crippen molar-refractivity contribution in [2.75, 3.05) is 36.9 Å². The molecular weight excluding hydrogens is 505 g/mol. The van der Waals surface area contributed by atoms with E-state index in [2.05, 4.69) is 20.6 Å². The second-order valence-electron chi connectivity index (χ2n) is 10.7. The van der Waals surface area contributed by atoms with Crippen molar-refractivity contribution in [2.45, 2.75) is 51.3 Å². The number of aliphatic hydroxyl groups is 1. The summed E-state index contributed by atoms with van der Waals surface area (Å²) in [6.45, 7) is 9.09. The molecular formula is C27H32FN7O2S. The van der Waals surface area contributed by atoms with E-state index in [0.29, 0.717) is 35.1 Å². The number of nitrogens with one attached hydrogen (secondary N) is 2. The molecule has 0 aliphatic carbocycles. The number of halogens is 1. The molecule has 200 valence electrons. The molecule has 0 atom stereocenters. The second-order valence-corrected chi connectivity index (χ2v) is 11.6. The van der Waals surface area contributed by atoms with Crippen LogP contribution in [0.4, 0.5) is 27.5 Å². The maximum Gasteiger partial charge on any atom is 0.230 e. The molecule has 38 heavy (non-hydrogen) atoms. The molecule has 11 heteroatoms. The molecule has 0 amide bonds. The Morgan fingerprint density at radius 3 is 2.58 bits per heavy atom. The highest BCUT2D eigenvalue weighted by atomic mass is 32.1. The monoisotopic (exact) mass is 537 g/mol. The van der Waals surface area contributed by atoms with Crippen molar-refractivity contribution in [2.24, 2.45) is 0 Å². The largest absolute Gasteiger partial charge is 0.386 e. The number of hydrogen-bond acceptors (Lipinski definition) is 9. The maximum atomic E-state index is 14.4. The predicted molar refractivity (Wildman–Crippen MR) is 147 cm³/mol. The number of fused-ring (bicyclic) bond motifs is 1. The first-order valence-electron chi connectivity index (χ1n) is 12.9. The SMILES string of the molecule is Cc1csc2nc(Nc3cnn(C4CCN(C5COC5)CC4)c3)nc(Nc3cc(F)cc(C(C)(C)O)c3)c12. The Morgan fingerprint density at radius 1 is 1.08 bits per heavy atom. The fourth-order valence-corrected chi connectivity index (χ4v) is 5.98. The summed E-state index contributed by atoms with van der Waals surface area (Å²) < 4.78 is 21.8. The van der Waals surface area contributed by atoms with Crippen LogP contribution in [0.15, 0.2) is 36.0 Å². The number of hydrogen-bond donors (Lipinski definition) is 3. The van der Waals surface area contributed by atoms with Gasteiger partial charge < -0.3 is 20.5 Å². The molecule has 2 saturated heterocycles. The fourth-order valence-electron chi connectivity index (χ4n) is 5.06. The number of benzene rings is 1. The van der Waals surface area contributed by atoms with Gasteiger partial charge in [-0.15, -0.1) is 11.3 Å². The van der Waals surface area contributed by atoms with E-state index in [0.717, 1.165) is 60.6 Å². The molecule has 0 unspecified atom stereocenters. The summed E-state index contributed by atoms with van der Waals surface area (Å²) in [7, 11) is 0. The van der Waals surface area contributed by atoms with E-state index in [9.17, 15) is 9.50 Å². The first-order chi connectivity index (χ1) is 18.2. The summed E-state index contributed by atoms with van der Waals surface area (Å²) in [4.78, 5) is 12.8. The summed E-state index contributed by atoms with van der Waals surface area (Å²) in [5.74, 6) is 0.570. The van der Waals surface area contributed by atoms with Crippen molar-refractivity contribution in [1.29, 1.82) is 0 Å². The van der Waals surface area contributed by atoms with E-state index in [1.54, 1.807) is 26.1 Å². The summed E-state index contributed by atoms with van der Waals surface area (Å²) >= 11 is 1.53. The van der Waals surface area contributed by atoms with E-state index < -0.39 is 11.4 Å². The number of likely N-dealkylation sites (tertiary alicyclic amines) is 1. The number of aromatic nitrogens is 4. The normalized spacial score (nSPS) is 17.6. The number of ether oxygens (including phenoxy) is 1. The topological polar surface area (TPSA) is 100 Å². The van der Waals surface area contributed by atoms with Crippen LogP contribution in [0.2, 0.25) is 0 Å². The van der Waals surface area contributed by atoms with Gasteiger partial charge in [0, 0.05) is 25.0 Å². The first kappa shape index (κ1) is 25.2. The third kappa shape index (κ3) is 5.11. The van der Waals surface area contributed by atoms with Crippen LogP contribution in [0, 0.1) is 12.7 Å². The summed E-state index contributed by atoms with van der Waals surface area (Å²) in [6, 6.07) is 5.41. The van der Waals surface area contributed by atoms with Gasteiger partial charge in [-0.1, -0.05) is 0 Å². The molecule has 2 fully saturated rings. The van der Waals surface area contributed by atoms with Gasteiger partial charge in [0.15, 0.2) is 0 Å². The fraction of sp³-hybridized carbons (Fsp3) is 0.444. The molecule has 0 saturated carbocycles. The quantitative estimate of drug-likeness (QED) is 0.300. The van der Waals surface area contributed by atoms with Crippen molar-refractivity contribution in [3.8, 4) is 0 Å². The zero-order valence-corrected chi connectivity index (χ0v) is 22.6. The van der Waals surface area contributed by atoms with E-state index in [-0.39, 0.29) is 0 Å². The molecule has 1 aromatic carbocycles. The highest BCUT2D eigenvalue weighted by Crippen LogP contribution is 2.34. The average Bonchev–Trinajstić information content (AvgIpc) is 3.44. The molecule has 3 aromatic heterocycles. The van der Waals surface area contributed by atoms with Crippen LogP contribution in [0.1, 0.15) is 43.9 Å². The van der Waals surface area contributed by atoms with Crippen LogP contribution in [-0.2, 0) is 10.3 Å². The van der Waals surface area contributed by atoms with Gasteiger partial charge in [0.25, 0.3) is 0 Å². The van der Waals surface area contributed by atoms with Crippen LogP contribution < -0.4 is 10.6 Å². The Labute approximate surface area is 224 Å². The minimum atomic E-state index is -1.17. The molecule has 0 radical (unpaired) electrons. The first-order valence-corrected chi connectivity index (χ1v) is 13.8. The molecule has 0 spiro atoms. The van der Waals surface area contributed by atoms with Crippen molar-refractivity contribution in [3.05, 3.63) is 52.9 Å². The van der Waals surface area contributed by atoms with Gasteiger partial charge in [0.1, 0.15) is 16.5 Å². The summed E-state index contributed by atoms with van der Waals surface area (Å²) in [6.07, 6.45) is 5.93. The van der Waals surface area contributed by atoms with Crippen LogP contribution in [0.3, 0.4) is 0 Å². The highest BCUT2D eigenvalue weighted by molar-refractivity contribution is 7.17. The van der Waals surface area contributed by atoms with E-state index in [1.165, 1.54) is 23.5 Å². The van der Waals surface area contributed by atoms with Crippen LogP contribution in [-0.4, -0.2) is 62.1 Å². The molecule has 0 bridgehead atoms. The molecule has 4 aromatic rings. The number of rotatable bonds is 7. The van der Waals surface area contributed by atoms with Gasteiger partial charge in [0.2, 0.25) is 5.95 Å². The zero-order valence-electron chi connectivity index (χ0n) is 21.7. The van der Waals surface area contributed by atoms with Gasteiger partial charge in [-0.05, 0) is 68.3 Å². The maximum absolute atomic E-state index is 14.4. The Morgan fingerprint density at radius 2 is 1.87 bits per heavy atom. The van der Waals surface area contributed by atoms with Crippen LogP contribution >= 0.6 is 11.3 Å². The van der Waals surface area contributed by atoms with E-state index in [1.807, 2.05) is 23.2 Å². The minimum Gasteiger partial charge on any atom is -0.386 e. The lowest BCUT2D eigenvalue weighted by molar-refractivity contribution is -0.0734. The molecule has 6 rings (SSSR count). The molecule has 2 aliphatic rings. The molecule has 3 N–H and O–H groups in total. The Hall–Kier alpha value is -3.12. The third-order valence-corrected chi connectivity index (χ3v) is 8.34. The number of nitrogens with zero attached hydrogens (tertiary/aromatic N) is 5. The van der Waals surface area contributed by atoms with Gasteiger partial charge in [-0.2, -0.15) is 10.1 Å². The van der Waals surface area contributed by atoms with Crippen molar-refractivity contribution in [1.82, 2.24) is 24.6 Å². The zero-order chi connectivity index (χ0) is 26.4. The van der Waals surface area contributed by atoms with Crippen molar-refractivity contribution in [3.63, 3.8) is 0 Å². The lowest BCUT2D eigenvalue weighted by Crippen LogP contribution is -2.51. The highest BCUT2D eigenvalue weighted by Gasteiger charge is 2.30. The molecule has 9 nitrogen and oxygen atoms in total. The number of aryl methyl sites for hydroxylation is 1. The number of thiophene rings is 1. The molecule has 5 heterocycles. The summed E-state index contributed by atoms with van der Waals surface area (Å²) in [5, 5.41) is 24.5. The van der Waals surface area contributed by atoms with E-state index in [4.69, 9.17) is 14.7 Å². The average molecular weight is 538 g/mol. The van der Waals surface area contributed by atoms with Gasteiger partial charge >= 0.3 is 0 Å². The Balaban J connectivity index is 1.22. The standard InChI is InChI=1S/C27H32FN7O2S/c1-16-15-38-25-23(16)24(30-19-9-17(27(2,3)36)8-18(28)10-19)32-26(33-25)31-20-11-29-35(12-20)21-4-6-34(7-5-21)22-13-37-14-22/h8-12,15,21-22,36H,4-7,13-14H2,1-3H3,(H2,30,31,32,33). The Bertz CT molecular complexity index is 1450. The lowest BCUT2D eigenvalue weighted by Gasteiger charge is -2.41. The minimum absolute atomic E-state index is 0.362. The Kier molecular flexibility index (Phi) is 6.55. The van der Waals surface area contributed by atoms with Crippen LogP contribution in [0.5, 0.6) is 0 Å².